The van der Waals surface area contributed by atoms with E-state index < -0.39 is 10.0 Å². The Labute approximate surface area is 151 Å². The molecule has 1 aromatic heterocycles. The summed E-state index contributed by atoms with van der Waals surface area (Å²) in [6.45, 7) is 4.59. The van der Waals surface area contributed by atoms with Gasteiger partial charge in [-0.15, -0.1) is 11.3 Å². The Morgan fingerprint density at radius 2 is 1.96 bits per heavy atom. The highest BCUT2D eigenvalue weighted by Gasteiger charge is 2.25. The topological polar surface area (TPSA) is 66.5 Å². The number of nitrogens with zero attached hydrogens (tertiary/aromatic N) is 1. The molecular weight excluding hydrogens is 368 g/mol. The summed E-state index contributed by atoms with van der Waals surface area (Å²) in [6, 6.07) is 8.12. The Morgan fingerprint density at radius 1 is 1.25 bits per heavy atom. The number of carbonyl (C=O) groups is 1. The molecule has 0 unspecified atom stereocenters. The molecule has 0 aliphatic rings. The molecule has 0 radical (unpaired) electrons. The lowest BCUT2D eigenvalue weighted by Gasteiger charge is -2.19. The lowest BCUT2D eigenvalue weighted by molar-refractivity contribution is 0.0951. The summed E-state index contributed by atoms with van der Waals surface area (Å²) in [6.07, 6.45) is 0. The van der Waals surface area contributed by atoms with Crippen LogP contribution < -0.4 is 5.32 Å². The van der Waals surface area contributed by atoms with Crippen molar-refractivity contribution in [1.82, 2.24) is 9.62 Å². The zero-order valence-corrected chi connectivity index (χ0v) is 15.8. The fraction of sp³-hybridized carbons (Fsp3) is 0.312. The van der Waals surface area contributed by atoms with Crippen molar-refractivity contribution in [2.75, 3.05) is 13.1 Å². The summed E-state index contributed by atoms with van der Waals surface area (Å²) < 4.78 is 26.6. The Morgan fingerprint density at radius 3 is 2.54 bits per heavy atom. The number of hydrogen-bond donors (Lipinski definition) is 1. The van der Waals surface area contributed by atoms with Gasteiger partial charge in [0, 0.05) is 23.5 Å². The predicted molar refractivity (Wildman–Crippen MR) is 97.0 cm³/mol. The second-order valence-corrected chi connectivity index (χ2v) is 8.34. The van der Waals surface area contributed by atoms with Crippen LogP contribution >= 0.6 is 22.9 Å². The van der Waals surface area contributed by atoms with Gasteiger partial charge in [0.25, 0.3) is 5.91 Å². The van der Waals surface area contributed by atoms with Crippen LogP contribution in [0.2, 0.25) is 5.02 Å². The Balaban J connectivity index is 2.26. The first-order valence-electron chi connectivity index (χ1n) is 7.50. The molecule has 0 atom stereocenters. The average Bonchev–Trinajstić information content (AvgIpc) is 3.07. The van der Waals surface area contributed by atoms with Crippen molar-refractivity contribution in [3.05, 3.63) is 51.2 Å². The number of rotatable bonds is 7. The van der Waals surface area contributed by atoms with Gasteiger partial charge in [0.05, 0.1) is 11.6 Å². The molecule has 1 N–H and O–H groups in total. The highest BCUT2D eigenvalue weighted by atomic mass is 35.5. The summed E-state index contributed by atoms with van der Waals surface area (Å²) in [5.74, 6) is -0.337. The summed E-state index contributed by atoms with van der Waals surface area (Å²) in [4.78, 5) is 13.3. The minimum absolute atomic E-state index is 0.0448. The number of halogens is 1. The van der Waals surface area contributed by atoms with Crippen LogP contribution in [0.4, 0.5) is 0 Å². The molecule has 5 nitrogen and oxygen atoms in total. The molecule has 0 aliphatic carbocycles. The number of amides is 1. The van der Waals surface area contributed by atoms with Crippen LogP contribution in [0.25, 0.3) is 0 Å². The van der Waals surface area contributed by atoms with E-state index in [1.807, 2.05) is 17.5 Å². The Kier molecular flexibility index (Phi) is 6.40. The molecule has 1 aromatic carbocycles. The van der Waals surface area contributed by atoms with E-state index in [0.717, 1.165) is 4.88 Å². The van der Waals surface area contributed by atoms with Crippen molar-refractivity contribution < 1.29 is 13.2 Å². The number of benzene rings is 1. The largest absolute Gasteiger partial charge is 0.347 e. The predicted octanol–water partition coefficient (Wildman–Crippen LogP) is 3.36. The van der Waals surface area contributed by atoms with Crippen LogP contribution in [0.5, 0.6) is 0 Å². The molecule has 0 aliphatic heterocycles. The molecule has 0 saturated heterocycles. The van der Waals surface area contributed by atoms with E-state index in [9.17, 15) is 13.2 Å². The van der Waals surface area contributed by atoms with Gasteiger partial charge in [-0.05, 0) is 29.6 Å². The number of nitrogens with one attached hydrogen (secondary N) is 1. The Bertz CT molecular complexity index is 801. The molecular formula is C16H19ClN2O3S2. The fourth-order valence-electron chi connectivity index (χ4n) is 2.23. The fourth-order valence-corrected chi connectivity index (χ4v) is 4.83. The molecule has 2 aromatic rings. The molecule has 0 fully saturated rings. The number of sulfonamides is 1. The molecule has 130 valence electrons. The van der Waals surface area contributed by atoms with E-state index in [-0.39, 0.29) is 21.4 Å². The third kappa shape index (κ3) is 4.16. The van der Waals surface area contributed by atoms with Gasteiger partial charge >= 0.3 is 0 Å². The first-order valence-corrected chi connectivity index (χ1v) is 10.2. The zero-order valence-electron chi connectivity index (χ0n) is 13.5. The number of thiophene rings is 1. The molecule has 0 saturated carbocycles. The summed E-state index contributed by atoms with van der Waals surface area (Å²) in [5.41, 5.74) is 0.265. The quantitative estimate of drug-likeness (QED) is 0.793. The second kappa shape index (κ2) is 8.11. The van der Waals surface area contributed by atoms with Gasteiger partial charge in [-0.3, -0.25) is 4.79 Å². The number of carbonyl (C=O) groups excluding carboxylic acids is 1. The first kappa shape index (κ1) is 18.9. The zero-order chi connectivity index (χ0) is 17.7. The van der Waals surface area contributed by atoms with Crippen LogP contribution in [0, 0.1) is 0 Å². The van der Waals surface area contributed by atoms with Crippen LogP contribution in [-0.4, -0.2) is 31.7 Å². The maximum atomic E-state index is 12.6. The van der Waals surface area contributed by atoms with E-state index in [4.69, 9.17) is 11.6 Å². The van der Waals surface area contributed by atoms with Gasteiger partial charge in [0.2, 0.25) is 10.0 Å². The summed E-state index contributed by atoms with van der Waals surface area (Å²) in [5, 5.41) is 4.81. The molecule has 1 heterocycles. The molecule has 8 heteroatoms. The van der Waals surface area contributed by atoms with Crippen molar-refractivity contribution in [3.8, 4) is 0 Å². The molecule has 24 heavy (non-hydrogen) atoms. The monoisotopic (exact) mass is 386 g/mol. The lowest BCUT2D eigenvalue weighted by atomic mass is 10.2. The van der Waals surface area contributed by atoms with Crippen molar-refractivity contribution >= 4 is 38.9 Å². The van der Waals surface area contributed by atoms with Gasteiger partial charge in [0.15, 0.2) is 0 Å². The van der Waals surface area contributed by atoms with E-state index >= 15 is 0 Å². The highest BCUT2D eigenvalue weighted by Crippen LogP contribution is 2.26. The lowest BCUT2D eigenvalue weighted by Crippen LogP contribution is -2.31. The molecule has 0 bridgehead atoms. The average molecular weight is 387 g/mol. The standard InChI is InChI=1S/C16H19ClN2O3S2/c1-3-19(4-2)24(21,22)15-10-12(7-8-14(15)17)16(20)18-11-13-6-5-9-23-13/h5-10H,3-4,11H2,1-2H3,(H,18,20). The minimum atomic E-state index is -3.72. The molecule has 0 spiro atoms. The van der Waals surface area contributed by atoms with E-state index in [1.54, 1.807) is 25.2 Å². The normalized spacial score (nSPS) is 11.7. The van der Waals surface area contributed by atoms with Gasteiger partial charge in [-0.25, -0.2) is 8.42 Å². The van der Waals surface area contributed by atoms with Crippen molar-refractivity contribution in [2.24, 2.45) is 0 Å². The maximum absolute atomic E-state index is 12.6. The van der Waals surface area contributed by atoms with Crippen LogP contribution in [-0.2, 0) is 16.6 Å². The van der Waals surface area contributed by atoms with Gasteiger partial charge in [0.1, 0.15) is 4.90 Å². The van der Waals surface area contributed by atoms with Crippen LogP contribution in [0.3, 0.4) is 0 Å². The second-order valence-electron chi connectivity index (χ2n) is 5.00. The first-order chi connectivity index (χ1) is 11.4. The van der Waals surface area contributed by atoms with Gasteiger partial charge in [-0.1, -0.05) is 31.5 Å². The number of hydrogen-bond acceptors (Lipinski definition) is 4. The smallest absolute Gasteiger partial charge is 0.251 e. The van der Waals surface area contributed by atoms with E-state index in [1.165, 1.54) is 22.5 Å². The third-order valence-electron chi connectivity index (χ3n) is 3.52. The van der Waals surface area contributed by atoms with Crippen molar-refractivity contribution in [1.29, 1.82) is 0 Å². The van der Waals surface area contributed by atoms with Crippen LogP contribution in [0.15, 0.2) is 40.6 Å². The van der Waals surface area contributed by atoms with Crippen LogP contribution in [0.1, 0.15) is 29.1 Å². The van der Waals surface area contributed by atoms with E-state index in [0.29, 0.717) is 19.6 Å². The van der Waals surface area contributed by atoms with Crippen molar-refractivity contribution in [3.63, 3.8) is 0 Å². The summed E-state index contributed by atoms with van der Waals surface area (Å²) >= 11 is 7.61. The SMILES string of the molecule is CCN(CC)S(=O)(=O)c1cc(C(=O)NCc2cccs2)ccc1Cl. The maximum Gasteiger partial charge on any atom is 0.251 e. The Hall–Kier alpha value is -1.41. The molecule has 2 rings (SSSR count). The van der Waals surface area contributed by atoms with E-state index in [2.05, 4.69) is 5.32 Å². The van der Waals surface area contributed by atoms with Gasteiger partial charge < -0.3 is 5.32 Å². The molecule has 1 amide bonds. The third-order valence-corrected chi connectivity index (χ3v) is 6.93. The van der Waals surface area contributed by atoms with Crippen molar-refractivity contribution in [2.45, 2.75) is 25.3 Å². The van der Waals surface area contributed by atoms with Gasteiger partial charge in [-0.2, -0.15) is 4.31 Å². The highest BCUT2D eigenvalue weighted by molar-refractivity contribution is 7.89. The summed E-state index contributed by atoms with van der Waals surface area (Å²) in [7, 11) is -3.72. The minimum Gasteiger partial charge on any atom is -0.347 e.